The number of hydrogen-bond acceptors (Lipinski definition) is 2. The summed E-state index contributed by atoms with van der Waals surface area (Å²) in [4.78, 5) is 14.6. The van der Waals surface area contributed by atoms with Crippen LogP contribution in [0.3, 0.4) is 0 Å². The van der Waals surface area contributed by atoms with Crippen molar-refractivity contribution >= 4 is 24.3 Å². The van der Waals surface area contributed by atoms with E-state index in [4.69, 9.17) is 16.6 Å². The summed E-state index contributed by atoms with van der Waals surface area (Å²) >= 11 is 0. The molecule has 0 unspecified atom stereocenters. The predicted octanol–water partition coefficient (Wildman–Crippen LogP) is -0.252. The summed E-state index contributed by atoms with van der Waals surface area (Å²) in [6.45, 7) is 0.634. The lowest BCUT2D eigenvalue weighted by Gasteiger charge is -2.24. The highest BCUT2D eigenvalue weighted by Gasteiger charge is 2.25. The maximum atomic E-state index is 10.7. The largest absolute Gasteiger partial charge is 0.481 e. The lowest BCUT2D eigenvalue weighted by molar-refractivity contribution is -0.143. The van der Waals surface area contributed by atoms with E-state index in [2.05, 4.69) is 4.99 Å². The van der Waals surface area contributed by atoms with Crippen molar-refractivity contribution in [3.8, 4) is 0 Å². The van der Waals surface area contributed by atoms with Crippen molar-refractivity contribution in [3.05, 3.63) is 0 Å². The third kappa shape index (κ3) is 5.77. The Kier molecular flexibility index (Phi) is 8.89. The second kappa shape index (κ2) is 8.18. The van der Waals surface area contributed by atoms with Crippen molar-refractivity contribution in [2.24, 2.45) is 28.3 Å². The molecule has 0 bridgehead atoms. The molecule has 0 atom stereocenters. The van der Waals surface area contributed by atoms with Crippen LogP contribution in [0.1, 0.15) is 25.7 Å². The number of carboxylic acid groups (broad SMARTS) is 1. The molecule has 7 N–H and O–H groups in total. The summed E-state index contributed by atoms with van der Waals surface area (Å²) < 4.78 is 0. The van der Waals surface area contributed by atoms with Crippen LogP contribution in [0.5, 0.6) is 0 Å². The van der Waals surface area contributed by atoms with E-state index < -0.39 is 5.97 Å². The molecule has 0 saturated heterocycles. The number of nitrogens with zero attached hydrogens (tertiary/aromatic N) is 1. The lowest BCUT2D eigenvalue weighted by atomic mass is 9.82. The van der Waals surface area contributed by atoms with Gasteiger partial charge in [-0.1, -0.05) is 0 Å². The standard InChI is InChI=1S/C9H17N3O2.ClH.H2O/c10-9(11)12-5-6-1-3-7(4-2-6)8(13)14;;/h6-7H,1-5H2,(H,13,14)(H4,10,11,12);1H;1H2. The third-order valence-electron chi connectivity index (χ3n) is 2.73. The minimum atomic E-state index is -0.676. The summed E-state index contributed by atoms with van der Waals surface area (Å²) in [5, 5.41) is 8.78. The van der Waals surface area contributed by atoms with Gasteiger partial charge in [-0.3, -0.25) is 9.79 Å². The van der Waals surface area contributed by atoms with Gasteiger partial charge in [0.2, 0.25) is 0 Å². The first-order valence-electron chi connectivity index (χ1n) is 4.87. The Labute approximate surface area is 101 Å². The third-order valence-corrected chi connectivity index (χ3v) is 2.73. The summed E-state index contributed by atoms with van der Waals surface area (Å²) in [5.74, 6) is -0.270. The summed E-state index contributed by atoms with van der Waals surface area (Å²) in [6.07, 6.45) is 3.32. The van der Waals surface area contributed by atoms with E-state index in [1.807, 2.05) is 0 Å². The fraction of sp³-hybridized carbons (Fsp3) is 0.778. The van der Waals surface area contributed by atoms with Gasteiger partial charge in [-0.2, -0.15) is 0 Å². The van der Waals surface area contributed by atoms with Crippen LogP contribution in [-0.4, -0.2) is 29.1 Å². The van der Waals surface area contributed by atoms with Crippen LogP contribution < -0.4 is 11.5 Å². The number of rotatable bonds is 3. The zero-order valence-corrected chi connectivity index (χ0v) is 9.87. The molecule has 0 radical (unpaired) electrons. The topological polar surface area (TPSA) is 133 Å². The maximum absolute atomic E-state index is 10.7. The molecule has 1 saturated carbocycles. The molecular weight excluding hydrogens is 234 g/mol. The Morgan fingerprint density at radius 3 is 2.12 bits per heavy atom. The highest BCUT2D eigenvalue weighted by molar-refractivity contribution is 5.85. The average Bonchev–Trinajstić information content (AvgIpc) is 2.15. The first-order chi connectivity index (χ1) is 6.59. The Morgan fingerprint density at radius 2 is 1.75 bits per heavy atom. The monoisotopic (exact) mass is 253 g/mol. The number of hydrogen-bond donors (Lipinski definition) is 3. The number of carbonyl (C=O) groups is 1. The number of nitrogens with two attached hydrogens (primary N) is 2. The molecule has 0 aromatic heterocycles. The minimum Gasteiger partial charge on any atom is -0.481 e. The normalized spacial score (nSPS) is 23.5. The zero-order chi connectivity index (χ0) is 10.6. The van der Waals surface area contributed by atoms with E-state index >= 15 is 0 Å². The Hall–Kier alpha value is -1.01. The van der Waals surface area contributed by atoms with Crippen LogP contribution in [0.4, 0.5) is 0 Å². The first-order valence-corrected chi connectivity index (χ1v) is 4.87. The Bertz CT molecular complexity index is 236. The van der Waals surface area contributed by atoms with Gasteiger partial charge in [-0.05, 0) is 31.6 Å². The SMILES string of the molecule is Cl.NC(N)=NCC1CCC(C(=O)O)CC1.O. The van der Waals surface area contributed by atoms with E-state index in [1.54, 1.807) is 0 Å². The Morgan fingerprint density at radius 1 is 1.25 bits per heavy atom. The summed E-state index contributed by atoms with van der Waals surface area (Å²) in [5.41, 5.74) is 10.4. The number of aliphatic imine (C=N–C) groups is 1. The lowest BCUT2D eigenvalue weighted by Crippen LogP contribution is -2.26. The molecule has 0 spiro atoms. The van der Waals surface area contributed by atoms with E-state index in [1.165, 1.54) is 0 Å². The molecule has 0 aliphatic heterocycles. The van der Waals surface area contributed by atoms with Gasteiger partial charge in [0.1, 0.15) is 0 Å². The molecule has 1 rings (SSSR count). The quantitative estimate of drug-likeness (QED) is 0.472. The van der Waals surface area contributed by atoms with Crippen molar-refractivity contribution in [1.29, 1.82) is 0 Å². The van der Waals surface area contributed by atoms with E-state index in [0.717, 1.165) is 25.7 Å². The second-order valence-corrected chi connectivity index (χ2v) is 3.82. The van der Waals surface area contributed by atoms with Crippen LogP contribution in [0.2, 0.25) is 0 Å². The highest BCUT2D eigenvalue weighted by atomic mass is 35.5. The fourth-order valence-electron chi connectivity index (χ4n) is 1.83. The molecule has 0 amide bonds. The molecule has 7 heteroatoms. The van der Waals surface area contributed by atoms with Crippen LogP contribution in [-0.2, 0) is 4.79 Å². The molecule has 1 aliphatic carbocycles. The van der Waals surface area contributed by atoms with Crippen molar-refractivity contribution < 1.29 is 15.4 Å². The van der Waals surface area contributed by atoms with Crippen molar-refractivity contribution in [3.63, 3.8) is 0 Å². The number of carboxylic acids is 1. The van der Waals surface area contributed by atoms with E-state index in [0.29, 0.717) is 12.5 Å². The predicted molar refractivity (Wildman–Crippen MR) is 64.6 cm³/mol. The summed E-state index contributed by atoms with van der Waals surface area (Å²) in [6, 6.07) is 0. The molecule has 0 aromatic carbocycles. The molecule has 0 heterocycles. The van der Waals surface area contributed by atoms with Gasteiger partial charge in [0.15, 0.2) is 5.96 Å². The smallest absolute Gasteiger partial charge is 0.306 e. The maximum Gasteiger partial charge on any atom is 0.306 e. The van der Waals surface area contributed by atoms with Gasteiger partial charge in [-0.25, -0.2) is 0 Å². The van der Waals surface area contributed by atoms with Gasteiger partial charge in [0.25, 0.3) is 0 Å². The molecular formula is C9H20ClN3O3. The van der Waals surface area contributed by atoms with Gasteiger partial charge in [-0.15, -0.1) is 12.4 Å². The minimum absolute atomic E-state index is 0. The zero-order valence-electron chi connectivity index (χ0n) is 9.06. The van der Waals surface area contributed by atoms with Gasteiger partial charge in [0, 0.05) is 6.54 Å². The molecule has 1 aliphatic rings. The first kappa shape index (κ1) is 17.4. The van der Waals surface area contributed by atoms with E-state index in [9.17, 15) is 4.79 Å². The molecule has 16 heavy (non-hydrogen) atoms. The summed E-state index contributed by atoms with van der Waals surface area (Å²) in [7, 11) is 0. The van der Waals surface area contributed by atoms with Gasteiger partial charge in [0.05, 0.1) is 5.92 Å². The van der Waals surface area contributed by atoms with Crippen LogP contribution in [0.15, 0.2) is 4.99 Å². The average molecular weight is 254 g/mol. The number of halogens is 1. The van der Waals surface area contributed by atoms with Crippen LogP contribution >= 0.6 is 12.4 Å². The Balaban J connectivity index is 0. The van der Waals surface area contributed by atoms with Crippen molar-refractivity contribution in [2.75, 3.05) is 6.54 Å². The van der Waals surface area contributed by atoms with Crippen molar-refractivity contribution in [2.45, 2.75) is 25.7 Å². The highest BCUT2D eigenvalue weighted by Crippen LogP contribution is 2.28. The second-order valence-electron chi connectivity index (χ2n) is 3.82. The van der Waals surface area contributed by atoms with Crippen molar-refractivity contribution in [1.82, 2.24) is 0 Å². The van der Waals surface area contributed by atoms with Crippen LogP contribution in [0, 0.1) is 11.8 Å². The van der Waals surface area contributed by atoms with Crippen LogP contribution in [0.25, 0.3) is 0 Å². The molecule has 6 nitrogen and oxygen atoms in total. The number of aliphatic carboxylic acids is 1. The fourth-order valence-corrected chi connectivity index (χ4v) is 1.83. The molecule has 0 aromatic rings. The molecule has 1 fully saturated rings. The van der Waals surface area contributed by atoms with Gasteiger partial charge >= 0.3 is 5.97 Å². The van der Waals surface area contributed by atoms with E-state index in [-0.39, 0.29) is 29.8 Å². The number of guanidine groups is 1. The molecule has 96 valence electrons. The van der Waals surface area contributed by atoms with Gasteiger partial charge < -0.3 is 22.1 Å².